The van der Waals surface area contributed by atoms with Crippen LogP contribution in [0.3, 0.4) is 0 Å². The van der Waals surface area contributed by atoms with Crippen LogP contribution in [-0.2, 0) is 16.0 Å². The number of carbonyl (C=O) groups excluding carboxylic acids is 2. The molecule has 0 aliphatic heterocycles. The maximum Gasteiger partial charge on any atom is 0.377 e. The van der Waals surface area contributed by atoms with Crippen molar-refractivity contribution in [2.45, 2.75) is 50.5 Å². The number of benzene rings is 3. The molecule has 5 nitrogen and oxygen atoms in total. The van der Waals surface area contributed by atoms with E-state index in [0.29, 0.717) is 12.0 Å². The second-order valence-corrected chi connectivity index (χ2v) is 8.81. The van der Waals surface area contributed by atoms with Gasteiger partial charge in [-0.15, -0.1) is 0 Å². The van der Waals surface area contributed by atoms with Crippen LogP contribution in [-0.4, -0.2) is 22.8 Å². The number of ketones is 1. The SMILES string of the molecule is O=C(CCCC1CCCc2c(C(=O)C(=O)O)cccc21)NC(c1ccccc1)c1ccccc1. The molecule has 1 aliphatic carbocycles. The number of carbonyl (C=O) groups is 3. The van der Waals surface area contributed by atoms with Crippen LogP contribution in [0.25, 0.3) is 0 Å². The third-order valence-corrected chi connectivity index (χ3v) is 6.60. The maximum absolute atomic E-state index is 12.9. The lowest BCUT2D eigenvalue weighted by Gasteiger charge is -2.27. The second kappa shape index (κ2) is 10.9. The van der Waals surface area contributed by atoms with Gasteiger partial charge in [0.2, 0.25) is 5.91 Å². The summed E-state index contributed by atoms with van der Waals surface area (Å²) in [7, 11) is 0. The molecule has 1 atom stereocenters. The number of carboxylic acid groups (broad SMARTS) is 1. The highest BCUT2D eigenvalue weighted by molar-refractivity contribution is 6.40. The maximum atomic E-state index is 12.9. The normalized spacial score (nSPS) is 14.9. The predicted octanol–water partition coefficient (Wildman–Crippen LogP) is 5.45. The van der Waals surface area contributed by atoms with Crippen LogP contribution in [0.5, 0.6) is 0 Å². The smallest absolute Gasteiger partial charge is 0.377 e. The number of amides is 1. The molecule has 3 aromatic carbocycles. The van der Waals surface area contributed by atoms with Crippen molar-refractivity contribution < 1.29 is 19.5 Å². The number of Topliss-reactive ketones (excluding diaryl/α,β-unsaturated/α-hetero) is 1. The van der Waals surface area contributed by atoms with Gasteiger partial charge in [-0.2, -0.15) is 0 Å². The van der Waals surface area contributed by atoms with Gasteiger partial charge < -0.3 is 10.4 Å². The van der Waals surface area contributed by atoms with E-state index < -0.39 is 11.8 Å². The van der Waals surface area contributed by atoms with Gasteiger partial charge in [-0.25, -0.2) is 4.79 Å². The number of carboxylic acids is 1. The van der Waals surface area contributed by atoms with Gasteiger partial charge >= 0.3 is 5.97 Å². The summed E-state index contributed by atoms with van der Waals surface area (Å²) in [5, 5.41) is 12.3. The Balaban J connectivity index is 1.40. The Hall–Kier alpha value is -3.73. The fourth-order valence-corrected chi connectivity index (χ4v) is 4.97. The van der Waals surface area contributed by atoms with Crippen molar-refractivity contribution in [2.24, 2.45) is 0 Å². The molecule has 0 saturated carbocycles. The van der Waals surface area contributed by atoms with Gasteiger partial charge in [0.25, 0.3) is 5.78 Å². The monoisotopic (exact) mass is 455 g/mol. The first kappa shape index (κ1) is 23.4. The summed E-state index contributed by atoms with van der Waals surface area (Å²) in [6.07, 6.45) is 4.58. The number of nitrogens with one attached hydrogen (secondary N) is 1. The summed E-state index contributed by atoms with van der Waals surface area (Å²) in [5.41, 5.74) is 4.31. The molecular formula is C29H29NO4. The molecule has 5 heteroatoms. The summed E-state index contributed by atoms with van der Waals surface area (Å²) >= 11 is 0. The first-order valence-electron chi connectivity index (χ1n) is 11.8. The Labute approximate surface area is 199 Å². The fourth-order valence-electron chi connectivity index (χ4n) is 4.97. The highest BCUT2D eigenvalue weighted by atomic mass is 16.4. The van der Waals surface area contributed by atoms with E-state index >= 15 is 0 Å². The lowest BCUT2D eigenvalue weighted by molar-refractivity contribution is -0.131. The molecule has 4 rings (SSSR count). The molecular weight excluding hydrogens is 426 g/mol. The summed E-state index contributed by atoms with van der Waals surface area (Å²) in [6.45, 7) is 0. The van der Waals surface area contributed by atoms with Crippen LogP contribution in [0.4, 0.5) is 0 Å². The van der Waals surface area contributed by atoms with Crippen LogP contribution in [0.15, 0.2) is 78.9 Å². The molecule has 3 aromatic rings. The number of hydrogen-bond acceptors (Lipinski definition) is 3. The van der Waals surface area contributed by atoms with Gasteiger partial charge in [0.05, 0.1) is 6.04 Å². The minimum atomic E-state index is -1.42. The van der Waals surface area contributed by atoms with Gasteiger partial charge in [-0.1, -0.05) is 78.9 Å². The van der Waals surface area contributed by atoms with Crippen LogP contribution in [0.2, 0.25) is 0 Å². The lowest BCUT2D eigenvalue weighted by atomic mass is 9.78. The van der Waals surface area contributed by atoms with E-state index in [4.69, 9.17) is 5.11 Å². The summed E-state index contributed by atoms with van der Waals surface area (Å²) in [4.78, 5) is 36.2. The lowest BCUT2D eigenvalue weighted by Crippen LogP contribution is -2.29. The van der Waals surface area contributed by atoms with E-state index in [1.807, 2.05) is 66.7 Å². The van der Waals surface area contributed by atoms with Crippen LogP contribution < -0.4 is 5.32 Å². The molecule has 0 bridgehead atoms. The standard InChI is InChI=1S/C29H29NO4/c31-26(30-27(21-10-3-1-4-11-21)22-12-5-2-6-13-22)19-8-15-20-14-7-17-24-23(20)16-9-18-25(24)28(32)29(33)34/h1-6,9-13,16,18,20,27H,7-8,14-15,17,19H2,(H,30,31)(H,33,34). The molecule has 1 aliphatic rings. The van der Waals surface area contributed by atoms with E-state index in [-0.39, 0.29) is 17.9 Å². The fraction of sp³-hybridized carbons (Fsp3) is 0.276. The van der Waals surface area contributed by atoms with E-state index in [9.17, 15) is 14.4 Å². The minimum Gasteiger partial charge on any atom is -0.475 e. The summed E-state index contributed by atoms with van der Waals surface area (Å²) in [5.74, 6) is -2.02. The van der Waals surface area contributed by atoms with Crippen molar-refractivity contribution in [2.75, 3.05) is 0 Å². The minimum absolute atomic E-state index is 0.00328. The third kappa shape index (κ3) is 5.42. The van der Waals surface area contributed by atoms with Crippen molar-refractivity contribution in [3.05, 3.63) is 107 Å². The Morgan fingerprint density at radius 2 is 1.53 bits per heavy atom. The van der Waals surface area contributed by atoms with Crippen molar-refractivity contribution in [3.8, 4) is 0 Å². The number of hydrogen-bond donors (Lipinski definition) is 2. The van der Waals surface area contributed by atoms with E-state index in [1.165, 1.54) is 0 Å². The zero-order chi connectivity index (χ0) is 23.9. The number of aliphatic carboxylic acids is 1. The average Bonchev–Trinajstić information content (AvgIpc) is 2.87. The Morgan fingerprint density at radius 1 is 0.882 bits per heavy atom. The molecule has 0 saturated heterocycles. The number of rotatable bonds is 9. The highest BCUT2D eigenvalue weighted by Crippen LogP contribution is 2.37. The molecule has 0 radical (unpaired) electrons. The second-order valence-electron chi connectivity index (χ2n) is 8.81. The largest absolute Gasteiger partial charge is 0.475 e. The Morgan fingerprint density at radius 3 is 2.15 bits per heavy atom. The van der Waals surface area contributed by atoms with Gasteiger partial charge in [0.1, 0.15) is 0 Å². The summed E-state index contributed by atoms with van der Waals surface area (Å²) < 4.78 is 0. The third-order valence-electron chi connectivity index (χ3n) is 6.60. The predicted molar refractivity (Wildman–Crippen MR) is 131 cm³/mol. The molecule has 0 fully saturated rings. The summed E-state index contributed by atoms with van der Waals surface area (Å²) in [6, 6.07) is 25.1. The van der Waals surface area contributed by atoms with Gasteiger partial charge in [-0.05, 0) is 60.3 Å². The Bertz CT molecular complexity index is 1120. The molecule has 1 amide bonds. The van der Waals surface area contributed by atoms with E-state index in [2.05, 4.69) is 5.32 Å². The van der Waals surface area contributed by atoms with E-state index in [0.717, 1.165) is 54.4 Å². The Kier molecular flexibility index (Phi) is 7.53. The van der Waals surface area contributed by atoms with Gasteiger partial charge in [0, 0.05) is 12.0 Å². The zero-order valence-electron chi connectivity index (χ0n) is 19.1. The molecule has 0 spiro atoms. The van der Waals surface area contributed by atoms with Gasteiger partial charge in [-0.3, -0.25) is 9.59 Å². The van der Waals surface area contributed by atoms with Crippen molar-refractivity contribution in [1.29, 1.82) is 0 Å². The topological polar surface area (TPSA) is 83.5 Å². The molecule has 0 heterocycles. The quantitative estimate of drug-likeness (QED) is 0.332. The number of fused-ring (bicyclic) bond motifs is 1. The molecule has 2 N–H and O–H groups in total. The van der Waals surface area contributed by atoms with Gasteiger partial charge in [0.15, 0.2) is 0 Å². The molecule has 174 valence electrons. The average molecular weight is 456 g/mol. The van der Waals surface area contributed by atoms with Crippen molar-refractivity contribution >= 4 is 17.7 Å². The highest BCUT2D eigenvalue weighted by Gasteiger charge is 2.26. The first-order chi connectivity index (χ1) is 16.5. The zero-order valence-corrected chi connectivity index (χ0v) is 19.1. The molecule has 1 unspecified atom stereocenters. The van der Waals surface area contributed by atoms with Crippen LogP contribution in [0.1, 0.15) is 76.7 Å². The van der Waals surface area contributed by atoms with Crippen molar-refractivity contribution in [3.63, 3.8) is 0 Å². The van der Waals surface area contributed by atoms with E-state index in [1.54, 1.807) is 12.1 Å². The molecule has 0 aromatic heterocycles. The first-order valence-corrected chi connectivity index (χ1v) is 11.8. The van der Waals surface area contributed by atoms with Crippen LogP contribution in [0, 0.1) is 0 Å². The molecule has 34 heavy (non-hydrogen) atoms. The van der Waals surface area contributed by atoms with Crippen LogP contribution >= 0.6 is 0 Å². The van der Waals surface area contributed by atoms with Crippen molar-refractivity contribution in [1.82, 2.24) is 5.32 Å².